The van der Waals surface area contributed by atoms with Crippen LogP contribution >= 0.6 is 0 Å². The number of hydrogen-bond acceptors (Lipinski definition) is 2. The summed E-state index contributed by atoms with van der Waals surface area (Å²) in [7, 11) is 0. The van der Waals surface area contributed by atoms with Gasteiger partial charge in [-0.05, 0) is 31.0 Å². The summed E-state index contributed by atoms with van der Waals surface area (Å²) >= 11 is 0. The van der Waals surface area contributed by atoms with Crippen LogP contribution in [0, 0.1) is 0 Å². The van der Waals surface area contributed by atoms with Gasteiger partial charge in [-0.25, -0.2) is 0 Å². The fraction of sp³-hybridized carbons (Fsp3) is 0.333. The van der Waals surface area contributed by atoms with E-state index in [1.807, 2.05) is 24.3 Å². The second-order valence-electron chi connectivity index (χ2n) is 4.57. The molecule has 0 aromatic heterocycles. The largest absolute Gasteiger partial charge is 0.326 e. The van der Waals surface area contributed by atoms with Gasteiger partial charge >= 0.3 is 0 Å². The van der Waals surface area contributed by atoms with Crippen molar-refractivity contribution in [1.29, 1.82) is 0 Å². The molecule has 1 aromatic rings. The number of allylic oxidation sites excluding steroid dienone is 1. The van der Waals surface area contributed by atoms with Crippen LogP contribution in [0.1, 0.15) is 25.7 Å². The molecule has 1 N–H and O–H groups in total. The molecule has 0 radical (unpaired) electrons. The Balaban J connectivity index is 2.04. The summed E-state index contributed by atoms with van der Waals surface area (Å²) < 4.78 is 0. The zero-order valence-electron chi connectivity index (χ0n) is 10.9. The summed E-state index contributed by atoms with van der Waals surface area (Å²) in [5, 5.41) is 2.83. The predicted octanol–water partition coefficient (Wildman–Crippen LogP) is 2.72. The number of rotatable bonds is 5. The first-order valence-corrected chi connectivity index (χ1v) is 6.52. The highest BCUT2D eigenvalue weighted by atomic mass is 16.2. The van der Waals surface area contributed by atoms with Gasteiger partial charge in [0, 0.05) is 30.8 Å². The van der Waals surface area contributed by atoms with E-state index in [1.54, 1.807) is 11.0 Å². The molecule has 1 aromatic carbocycles. The molecule has 1 heterocycles. The van der Waals surface area contributed by atoms with Gasteiger partial charge in [-0.15, -0.1) is 6.58 Å². The summed E-state index contributed by atoms with van der Waals surface area (Å²) in [4.78, 5) is 25.1. The lowest BCUT2D eigenvalue weighted by molar-refractivity contribution is -0.117. The van der Waals surface area contributed by atoms with Crippen LogP contribution in [-0.2, 0) is 9.59 Å². The maximum atomic E-state index is 11.7. The van der Waals surface area contributed by atoms with Crippen molar-refractivity contribution in [2.75, 3.05) is 16.8 Å². The van der Waals surface area contributed by atoms with Crippen molar-refractivity contribution in [2.45, 2.75) is 25.7 Å². The Morgan fingerprint density at radius 3 is 3.00 bits per heavy atom. The van der Waals surface area contributed by atoms with E-state index in [2.05, 4.69) is 11.9 Å². The molecule has 4 heteroatoms. The molecule has 1 aliphatic heterocycles. The smallest absolute Gasteiger partial charge is 0.227 e. The van der Waals surface area contributed by atoms with Gasteiger partial charge in [0.15, 0.2) is 0 Å². The minimum absolute atomic E-state index is 0.0372. The van der Waals surface area contributed by atoms with E-state index in [9.17, 15) is 9.59 Å². The molecule has 0 atom stereocenters. The molecular formula is C15H18N2O2. The van der Waals surface area contributed by atoms with Crippen LogP contribution in [0.2, 0.25) is 0 Å². The monoisotopic (exact) mass is 258 g/mol. The van der Waals surface area contributed by atoms with E-state index in [0.717, 1.165) is 24.3 Å². The van der Waals surface area contributed by atoms with E-state index in [1.165, 1.54) is 0 Å². The van der Waals surface area contributed by atoms with Crippen molar-refractivity contribution in [2.24, 2.45) is 0 Å². The number of anilines is 2. The summed E-state index contributed by atoms with van der Waals surface area (Å²) in [6, 6.07) is 7.41. The lowest BCUT2D eigenvalue weighted by atomic mass is 10.2. The third-order valence-corrected chi connectivity index (χ3v) is 3.09. The van der Waals surface area contributed by atoms with Crippen LogP contribution in [0.3, 0.4) is 0 Å². The molecule has 0 unspecified atom stereocenters. The molecule has 0 spiro atoms. The number of carbonyl (C=O) groups is 2. The lowest BCUT2D eigenvalue weighted by Crippen LogP contribution is -2.23. The van der Waals surface area contributed by atoms with Crippen molar-refractivity contribution in [3.63, 3.8) is 0 Å². The average Bonchev–Trinajstić information content (AvgIpc) is 2.83. The number of amides is 2. The zero-order valence-corrected chi connectivity index (χ0v) is 10.9. The van der Waals surface area contributed by atoms with Crippen LogP contribution in [-0.4, -0.2) is 18.4 Å². The van der Waals surface area contributed by atoms with Gasteiger partial charge in [-0.1, -0.05) is 12.1 Å². The quantitative estimate of drug-likeness (QED) is 0.825. The molecule has 1 aliphatic rings. The molecule has 1 fully saturated rings. The third kappa shape index (κ3) is 3.44. The average molecular weight is 258 g/mol. The normalized spacial score (nSPS) is 14.5. The van der Waals surface area contributed by atoms with Gasteiger partial charge in [0.25, 0.3) is 0 Å². The topological polar surface area (TPSA) is 49.4 Å². The second kappa shape index (κ2) is 6.18. The number of benzene rings is 1. The molecule has 2 amide bonds. The Morgan fingerprint density at radius 1 is 1.47 bits per heavy atom. The molecule has 0 saturated carbocycles. The Bertz CT molecular complexity index is 497. The minimum Gasteiger partial charge on any atom is -0.326 e. The summed E-state index contributed by atoms with van der Waals surface area (Å²) in [5.41, 5.74) is 1.58. The van der Waals surface area contributed by atoms with Crippen molar-refractivity contribution < 1.29 is 9.59 Å². The van der Waals surface area contributed by atoms with Gasteiger partial charge in [0.1, 0.15) is 0 Å². The highest BCUT2D eigenvalue weighted by molar-refractivity contribution is 5.97. The van der Waals surface area contributed by atoms with E-state index < -0.39 is 0 Å². The second-order valence-corrected chi connectivity index (χ2v) is 4.57. The molecule has 0 bridgehead atoms. The van der Waals surface area contributed by atoms with Crippen molar-refractivity contribution in [3.8, 4) is 0 Å². The van der Waals surface area contributed by atoms with Crippen molar-refractivity contribution in [3.05, 3.63) is 36.9 Å². The van der Waals surface area contributed by atoms with Gasteiger partial charge in [0.05, 0.1) is 0 Å². The van der Waals surface area contributed by atoms with E-state index in [-0.39, 0.29) is 11.8 Å². The summed E-state index contributed by atoms with van der Waals surface area (Å²) in [6.07, 6.45) is 4.32. The first kappa shape index (κ1) is 13.3. The van der Waals surface area contributed by atoms with Gasteiger partial charge < -0.3 is 10.2 Å². The SMILES string of the molecule is C=CCCC(=O)Nc1cccc(N2CCCC2=O)c1. The van der Waals surface area contributed by atoms with Gasteiger partial charge in [0.2, 0.25) is 11.8 Å². The lowest BCUT2D eigenvalue weighted by Gasteiger charge is -2.16. The standard InChI is InChI=1S/C15H18N2O2/c1-2-3-8-14(18)16-12-6-4-7-13(11-12)17-10-5-9-15(17)19/h2,4,6-7,11H,1,3,5,8-10H2,(H,16,18). The van der Waals surface area contributed by atoms with Crippen molar-refractivity contribution >= 4 is 23.2 Å². The van der Waals surface area contributed by atoms with Gasteiger partial charge in [-0.3, -0.25) is 9.59 Å². The molecule has 19 heavy (non-hydrogen) atoms. The molecule has 1 saturated heterocycles. The van der Waals surface area contributed by atoms with Crippen LogP contribution in [0.4, 0.5) is 11.4 Å². The molecule has 4 nitrogen and oxygen atoms in total. The number of hydrogen-bond donors (Lipinski definition) is 1. The molecule has 100 valence electrons. The fourth-order valence-corrected chi connectivity index (χ4v) is 2.13. The fourth-order valence-electron chi connectivity index (χ4n) is 2.13. The maximum Gasteiger partial charge on any atom is 0.227 e. The molecular weight excluding hydrogens is 240 g/mol. The highest BCUT2D eigenvalue weighted by Crippen LogP contribution is 2.24. The Hall–Kier alpha value is -2.10. The first-order valence-electron chi connectivity index (χ1n) is 6.52. The Morgan fingerprint density at radius 2 is 2.32 bits per heavy atom. The summed E-state index contributed by atoms with van der Waals surface area (Å²) in [6.45, 7) is 4.35. The highest BCUT2D eigenvalue weighted by Gasteiger charge is 2.21. The zero-order chi connectivity index (χ0) is 13.7. The van der Waals surface area contributed by atoms with E-state index >= 15 is 0 Å². The van der Waals surface area contributed by atoms with Crippen LogP contribution in [0.15, 0.2) is 36.9 Å². The van der Waals surface area contributed by atoms with Crippen LogP contribution in [0.25, 0.3) is 0 Å². The van der Waals surface area contributed by atoms with E-state index in [4.69, 9.17) is 0 Å². The van der Waals surface area contributed by atoms with Crippen LogP contribution < -0.4 is 10.2 Å². The number of nitrogens with one attached hydrogen (secondary N) is 1. The summed E-state index contributed by atoms with van der Waals surface area (Å²) in [5.74, 6) is 0.111. The van der Waals surface area contributed by atoms with Gasteiger partial charge in [-0.2, -0.15) is 0 Å². The number of nitrogens with zero attached hydrogens (tertiary/aromatic N) is 1. The minimum atomic E-state index is -0.0372. The number of carbonyl (C=O) groups excluding carboxylic acids is 2. The Kier molecular flexibility index (Phi) is 4.34. The maximum absolute atomic E-state index is 11.7. The first-order chi connectivity index (χ1) is 9.20. The molecule has 0 aliphatic carbocycles. The predicted molar refractivity (Wildman–Crippen MR) is 76.1 cm³/mol. The van der Waals surface area contributed by atoms with Crippen molar-refractivity contribution in [1.82, 2.24) is 0 Å². The molecule has 2 rings (SSSR count). The Labute approximate surface area is 113 Å². The van der Waals surface area contributed by atoms with E-state index in [0.29, 0.717) is 19.3 Å². The third-order valence-electron chi connectivity index (χ3n) is 3.09. The van der Waals surface area contributed by atoms with Crippen LogP contribution in [0.5, 0.6) is 0 Å².